The highest BCUT2D eigenvalue weighted by molar-refractivity contribution is 5.96. The van der Waals surface area contributed by atoms with E-state index in [0.29, 0.717) is 12.1 Å². The number of para-hydroxylation sites is 1. The first-order valence-electron chi connectivity index (χ1n) is 4.87. The molecule has 1 heterocycles. The Bertz CT molecular complexity index is 406. The van der Waals surface area contributed by atoms with Gasteiger partial charge in [0.25, 0.3) is 0 Å². The summed E-state index contributed by atoms with van der Waals surface area (Å²) in [5.41, 5.74) is 1.24. The van der Waals surface area contributed by atoms with Gasteiger partial charge in [-0.05, 0) is 18.7 Å². The van der Waals surface area contributed by atoms with Crippen LogP contribution in [0.25, 0.3) is 0 Å². The van der Waals surface area contributed by atoms with Crippen molar-refractivity contribution in [1.29, 1.82) is 0 Å². The number of rotatable bonds is 1. The third-order valence-electron chi connectivity index (χ3n) is 2.83. The Labute approximate surface area is 87.9 Å². The fraction of sp³-hybridized carbons (Fsp3) is 0.364. The molecule has 1 aromatic rings. The maximum Gasteiger partial charge on any atom is 0.228 e. The van der Waals surface area contributed by atoms with Crippen LogP contribution in [0.3, 0.4) is 0 Å². The summed E-state index contributed by atoms with van der Waals surface area (Å²) >= 11 is 0. The molecule has 0 radical (unpaired) electrons. The smallest absolute Gasteiger partial charge is 0.228 e. The number of fused-ring (bicyclic) bond motifs is 1. The molecular formula is C11H13FN2O. The number of hydrogen-bond donors (Lipinski definition) is 1. The quantitative estimate of drug-likeness (QED) is 0.757. The molecule has 4 heteroatoms. The van der Waals surface area contributed by atoms with Crippen LogP contribution >= 0.6 is 0 Å². The number of halogens is 1. The molecule has 1 aliphatic rings. The van der Waals surface area contributed by atoms with Gasteiger partial charge in [-0.15, -0.1) is 0 Å². The average Bonchev–Trinajstić information content (AvgIpc) is 2.23. The number of anilines is 1. The fourth-order valence-corrected chi connectivity index (χ4v) is 1.97. The minimum atomic E-state index is -0.344. The van der Waals surface area contributed by atoms with Gasteiger partial charge in [0.15, 0.2) is 0 Å². The van der Waals surface area contributed by atoms with Gasteiger partial charge in [0.05, 0.1) is 5.69 Å². The van der Waals surface area contributed by atoms with Crippen molar-refractivity contribution in [2.75, 3.05) is 19.0 Å². The van der Waals surface area contributed by atoms with Crippen molar-refractivity contribution in [3.8, 4) is 0 Å². The molecular weight excluding hydrogens is 195 g/mol. The van der Waals surface area contributed by atoms with Crippen LogP contribution in [0.4, 0.5) is 10.1 Å². The monoisotopic (exact) mass is 208 g/mol. The first-order valence-corrected chi connectivity index (χ1v) is 4.87. The van der Waals surface area contributed by atoms with Gasteiger partial charge in [-0.3, -0.25) is 4.79 Å². The summed E-state index contributed by atoms with van der Waals surface area (Å²) in [6.45, 7) is 0. The van der Waals surface area contributed by atoms with E-state index < -0.39 is 0 Å². The molecule has 0 spiro atoms. The Kier molecular flexibility index (Phi) is 2.44. The van der Waals surface area contributed by atoms with E-state index in [1.165, 1.54) is 11.0 Å². The van der Waals surface area contributed by atoms with E-state index in [1.54, 1.807) is 20.2 Å². The van der Waals surface area contributed by atoms with Crippen LogP contribution in [-0.2, 0) is 4.79 Å². The lowest BCUT2D eigenvalue weighted by molar-refractivity contribution is -0.119. The van der Waals surface area contributed by atoms with Crippen molar-refractivity contribution in [3.63, 3.8) is 0 Å². The van der Waals surface area contributed by atoms with Crippen molar-refractivity contribution in [2.45, 2.75) is 12.5 Å². The lowest BCUT2D eigenvalue weighted by Gasteiger charge is -2.31. The Balaban J connectivity index is 2.58. The van der Waals surface area contributed by atoms with E-state index >= 15 is 0 Å². The summed E-state index contributed by atoms with van der Waals surface area (Å²) in [6, 6.07) is 4.81. The number of hydrogen-bond acceptors (Lipinski definition) is 2. The average molecular weight is 208 g/mol. The molecule has 1 unspecified atom stereocenters. The third-order valence-corrected chi connectivity index (χ3v) is 2.83. The lowest BCUT2D eigenvalue weighted by Crippen LogP contribution is -2.37. The van der Waals surface area contributed by atoms with Gasteiger partial charge in [0, 0.05) is 19.5 Å². The van der Waals surface area contributed by atoms with Crippen molar-refractivity contribution in [1.82, 2.24) is 5.32 Å². The standard InChI is InChI=1S/C11H13FN2O/c1-13-9-6-10(15)14(2)11-7(9)4-3-5-8(11)12/h3-5,9,13H,6H2,1-2H3. The Morgan fingerprint density at radius 3 is 2.93 bits per heavy atom. The number of benzene rings is 1. The topological polar surface area (TPSA) is 32.3 Å². The third kappa shape index (κ3) is 1.51. The second-order valence-electron chi connectivity index (χ2n) is 3.68. The van der Waals surface area contributed by atoms with Gasteiger partial charge in [-0.2, -0.15) is 0 Å². The Hall–Kier alpha value is -1.42. The number of carbonyl (C=O) groups is 1. The number of nitrogens with zero attached hydrogens (tertiary/aromatic N) is 1. The van der Waals surface area contributed by atoms with Crippen molar-refractivity contribution >= 4 is 11.6 Å². The molecule has 15 heavy (non-hydrogen) atoms. The van der Waals surface area contributed by atoms with Gasteiger partial charge >= 0.3 is 0 Å². The SMILES string of the molecule is CNC1CC(=O)N(C)c2c(F)cccc21. The molecule has 1 aromatic carbocycles. The summed E-state index contributed by atoms with van der Waals surface area (Å²) in [5.74, 6) is -0.407. The van der Waals surface area contributed by atoms with E-state index in [-0.39, 0.29) is 17.8 Å². The van der Waals surface area contributed by atoms with Gasteiger partial charge in [-0.1, -0.05) is 12.1 Å². The zero-order chi connectivity index (χ0) is 11.0. The predicted molar refractivity (Wildman–Crippen MR) is 56.2 cm³/mol. The van der Waals surface area contributed by atoms with E-state index in [4.69, 9.17) is 0 Å². The van der Waals surface area contributed by atoms with E-state index in [2.05, 4.69) is 5.32 Å². The first kappa shape index (κ1) is 10.1. The molecule has 0 aliphatic carbocycles. The summed E-state index contributed by atoms with van der Waals surface area (Å²) < 4.78 is 13.6. The lowest BCUT2D eigenvalue weighted by atomic mass is 9.96. The summed E-state index contributed by atoms with van der Waals surface area (Å²) in [7, 11) is 3.38. The molecule has 80 valence electrons. The van der Waals surface area contributed by atoms with Crippen molar-refractivity contribution < 1.29 is 9.18 Å². The Morgan fingerprint density at radius 1 is 1.53 bits per heavy atom. The highest BCUT2D eigenvalue weighted by atomic mass is 19.1. The first-order chi connectivity index (χ1) is 7.15. The molecule has 0 aromatic heterocycles. The minimum Gasteiger partial charge on any atom is -0.312 e. The summed E-state index contributed by atoms with van der Waals surface area (Å²) in [6.07, 6.45) is 0.378. The van der Waals surface area contributed by atoms with E-state index in [9.17, 15) is 9.18 Å². The molecule has 2 rings (SSSR count). The molecule has 0 bridgehead atoms. The van der Waals surface area contributed by atoms with E-state index in [1.807, 2.05) is 6.07 Å². The molecule has 1 amide bonds. The molecule has 1 N–H and O–H groups in total. The summed E-state index contributed by atoms with van der Waals surface area (Å²) in [5, 5.41) is 3.02. The molecule has 1 aliphatic heterocycles. The number of amides is 1. The van der Waals surface area contributed by atoms with E-state index in [0.717, 1.165) is 5.56 Å². The fourth-order valence-electron chi connectivity index (χ4n) is 1.97. The second-order valence-corrected chi connectivity index (χ2v) is 3.68. The van der Waals surface area contributed by atoms with Gasteiger partial charge < -0.3 is 10.2 Å². The van der Waals surface area contributed by atoms with Crippen LogP contribution < -0.4 is 10.2 Å². The molecule has 0 saturated heterocycles. The van der Waals surface area contributed by atoms with Crippen molar-refractivity contribution in [3.05, 3.63) is 29.6 Å². The second kappa shape index (κ2) is 3.62. The number of carbonyl (C=O) groups excluding carboxylic acids is 1. The zero-order valence-corrected chi connectivity index (χ0v) is 8.75. The van der Waals surface area contributed by atoms with Crippen LogP contribution in [0.1, 0.15) is 18.0 Å². The Morgan fingerprint density at radius 2 is 2.27 bits per heavy atom. The molecule has 1 atom stereocenters. The van der Waals surface area contributed by atoms with Crippen LogP contribution in [0, 0.1) is 5.82 Å². The van der Waals surface area contributed by atoms with Crippen LogP contribution in [0.5, 0.6) is 0 Å². The molecule has 3 nitrogen and oxygen atoms in total. The van der Waals surface area contributed by atoms with Crippen LogP contribution in [0.15, 0.2) is 18.2 Å². The maximum absolute atomic E-state index is 13.6. The predicted octanol–water partition coefficient (Wildman–Crippen LogP) is 1.45. The zero-order valence-electron chi connectivity index (χ0n) is 8.75. The molecule has 0 saturated carbocycles. The number of nitrogens with one attached hydrogen (secondary N) is 1. The normalized spacial score (nSPS) is 20.3. The largest absolute Gasteiger partial charge is 0.312 e. The highest BCUT2D eigenvalue weighted by Gasteiger charge is 2.30. The maximum atomic E-state index is 13.6. The summed E-state index contributed by atoms with van der Waals surface area (Å²) in [4.78, 5) is 13.0. The molecule has 0 fully saturated rings. The van der Waals surface area contributed by atoms with Crippen LogP contribution in [-0.4, -0.2) is 20.0 Å². The van der Waals surface area contributed by atoms with Crippen LogP contribution in [0.2, 0.25) is 0 Å². The van der Waals surface area contributed by atoms with Gasteiger partial charge in [-0.25, -0.2) is 4.39 Å². The minimum absolute atomic E-state index is 0.0630. The van der Waals surface area contributed by atoms with Crippen molar-refractivity contribution in [2.24, 2.45) is 0 Å². The highest BCUT2D eigenvalue weighted by Crippen LogP contribution is 2.35. The van der Waals surface area contributed by atoms with Gasteiger partial charge in [0.1, 0.15) is 5.82 Å². The van der Waals surface area contributed by atoms with Gasteiger partial charge in [0.2, 0.25) is 5.91 Å².